The summed E-state index contributed by atoms with van der Waals surface area (Å²) in [6.45, 7) is 15.7. The van der Waals surface area contributed by atoms with Gasteiger partial charge in [-0.3, -0.25) is 4.79 Å². The van der Waals surface area contributed by atoms with E-state index in [1.165, 1.54) is 52.9 Å². The predicted molar refractivity (Wildman–Crippen MR) is 185 cm³/mol. The number of hydrogen-bond donors (Lipinski definition) is 0. The van der Waals surface area contributed by atoms with Crippen molar-refractivity contribution < 1.29 is 4.79 Å². The first-order valence-corrected chi connectivity index (χ1v) is 16.9. The zero-order valence-electron chi connectivity index (χ0n) is 27.8. The molecule has 232 valence electrons. The fraction of sp³-hybridized carbons (Fsp3) is 0.450. The zero-order valence-corrected chi connectivity index (χ0v) is 27.8. The zero-order chi connectivity index (χ0) is 31.2. The van der Waals surface area contributed by atoms with Gasteiger partial charge in [0.2, 0.25) is 0 Å². The third-order valence-corrected chi connectivity index (χ3v) is 9.48. The fourth-order valence-corrected chi connectivity index (χ4v) is 6.22. The number of benzene rings is 3. The van der Waals surface area contributed by atoms with Crippen LogP contribution in [0.5, 0.6) is 0 Å². The van der Waals surface area contributed by atoms with Crippen molar-refractivity contribution >= 4 is 22.5 Å². The van der Waals surface area contributed by atoms with Crippen LogP contribution in [0.1, 0.15) is 111 Å². The lowest BCUT2D eigenvalue weighted by molar-refractivity contribution is 0.0710. The molecule has 0 unspecified atom stereocenters. The average molecular weight is 590 g/mol. The predicted octanol–water partition coefficient (Wildman–Crippen LogP) is 9.84. The van der Waals surface area contributed by atoms with E-state index in [0.717, 1.165) is 67.4 Å². The van der Waals surface area contributed by atoms with Crippen LogP contribution in [0.4, 0.5) is 0 Å². The number of aromatic nitrogens is 2. The summed E-state index contributed by atoms with van der Waals surface area (Å²) in [5.74, 6) is 3.45. The standard InChI is InChI=1S/C35H39N3O.C5H12/c1-4-25-9-8-10-28(22-25)30(5-2)31-16-15-29(21-24(31)3)35(39)37-19-17-27(18-20-37)34-36-32-11-6-7-12-33(32)38(34)23-26-13-14-26;1-4-5(2)3/h5-12,15-16,21-22,26-27H,4,13-14,17-20,23H2,1-3H3;5H,4H2,1-3H3/b30-5-;. The Morgan fingerprint density at radius 2 is 1.66 bits per heavy atom. The molecule has 0 atom stereocenters. The van der Waals surface area contributed by atoms with Gasteiger partial charge in [-0.1, -0.05) is 82.7 Å². The molecule has 1 saturated carbocycles. The van der Waals surface area contributed by atoms with E-state index in [4.69, 9.17) is 4.98 Å². The van der Waals surface area contributed by atoms with Gasteiger partial charge in [0.05, 0.1) is 11.0 Å². The van der Waals surface area contributed by atoms with Crippen LogP contribution in [0.15, 0.2) is 72.8 Å². The second-order valence-corrected chi connectivity index (χ2v) is 13.2. The number of piperidine rings is 1. The van der Waals surface area contributed by atoms with Crippen LogP contribution < -0.4 is 0 Å². The van der Waals surface area contributed by atoms with E-state index in [-0.39, 0.29) is 5.91 Å². The number of rotatable bonds is 8. The Hall–Kier alpha value is -3.66. The van der Waals surface area contributed by atoms with E-state index in [1.54, 1.807) is 0 Å². The normalized spacial score (nSPS) is 15.9. The first kappa shape index (κ1) is 31.8. The van der Waals surface area contributed by atoms with Gasteiger partial charge < -0.3 is 9.47 Å². The van der Waals surface area contributed by atoms with Crippen LogP contribution in [-0.2, 0) is 13.0 Å². The van der Waals surface area contributed by atoms with Gasteiger partial charge >= 0.3 is 0 Å². The van der Waals surface area contributed by atoms with Gasteiger partial charge in [-0.2, -0.15) is 0 Å². The molecule has 0 N–H and O–H groups in total. The molecule has 2 aliphatic rings. The molecule has 6 rings (SSSR count). The number of carbonyl (C=O) groups is 1. The van der Waals surface area contributed by atoms with Crippen LogP contribution in [0.25, 0.3) is 16.6 Å². The first-order valence-electron chi connectivity index (χ1n) is 16.9. The quantitative estimate of drug-likeness (QED) is 0.205. The largest absolute Gasteiger partial charge is 0.339 e. The Morgan fingerprint density at radius 3 is 2.30 bits per heavy atom. The number of allylic oxidation sites excluding steroid dienone is 1. The lowest BCUT2D eigenvalue weighted by Gasteiger charge is -2.32. The molecule has 1 aliphatic heterocycles. The Balaban J connectivity index is 0.000000712. The molecule has 1 saturated heterocycles. The molecule has 1 aromatic heterocycles. The molecule has 44 heavy (non-hydrogen) atoms. The van der Waals surface area contributed by atoms with Crippen molar-refractivity contribution in [3.8, 4) is 0 Å². The van der Waals surface area contributed by atoms with Crippen molar-refractivity contribution in [2.45, 2.75) is 92.5 Å². The van der Waals surface area contributed by atoms with Gasteiger partial charge in [-0.25, -0.2) is 4.98 Å². The van der Waals surface area contributed by atoms with E-state index < -0.39 is 0 Å². The van der Waals surface area contributed by atoms with E-state index in [9.17, 15) is 4.79 Å². The van der Waals surface area contributed by atoms with Gasteiger partial charge in [0.1, 0.15) is 5.82 Å². The smallest absolute Gasteiger partial charge is 0.253 e. The molecule has 1 amide bonds. The van der Waals surface area contributed by atoms with Crippen LogP contribution in [0.2, 0.25) is 0 Å². The van der Waals surface area contributed by atoms with Crippen molar-refractivity contribution in [3.63, 3.8) is 0 Å². The minimum atomic E-state index is 0.143. The topological polar surface area (TPSA) is 38.1 Å². The maximum Gasteiger partial charge on any atom is 0.253 e. The molecule has 4 nitrogen and oxygen atoms in total. The van der Waals surface area contributed by atoms with Crippen molar-refractivity contribution in [1.29, 1.82) is 0 Å². The number of amides is 1. The number of imidazole rings is 1. The molecule has 3 aromatic carbocycles. The maximum absolute atomic E-state index is 13.6. The Morgan fingerprint density at radius 1 is 0.932 bits per heavy atom. The van der Waals surface area contributed by atoms with Gasteiger partial charge in [0.25, 0.3) is 5.91 Å². The number of nitrogens with zero attached hydrogens (tertiary/aromatic N) is 3. The number of carbonyl (C=O) groups excluding carboxylic acids is 1. The SMILES string of the molecule is C/C=C(/c1cccc(CC)c1)c1ccc(C(=O)N2CCC(c3nc4ccccc4n3CC3CC3)CC2)cc1C.CCC(C)C. The van der Waals surface area contributed by atoms with Crippen LogP contribution in [0.3, 0.4) is 0 Å². The van der Waals surface area contributed by atoms with Crippen LogP contribution in [-0.4, -0.2) is 33.4 Å². The first-order chi connectivity index (χ1) is 21.3. The molecule has 2 heterocycles. The second kappa shape index (κ2) is 14.4. The number of hydrogen-bond acceptors (Lipinski definition) is 2. The third-order valence-electron chi connectivity index (χ3n) is 9.48. The van der Waals surface area contributed by atoms with Crippen molar-refractivity contribution in [1.82, 2.24) is 14.5 Å². The van der Waals surface area contributed by atoms with Crippen LogP contribution in [0, 0.1) is 18.8 Å². The number of para-hydroxylation sites is 2. The van der Waals surface area contributed by atoms with Gasteiger partial charge in [-0.05, 0) is 110 Å². The summed E-state index contributed by atoms with van der Waals surface area (Å²) in [7, 11) is 0. The van der Waals surface area contributed by atoms with Gasteiger partial charge in [0, 0.05) is 31.1 Å². The molecular formula is C40H51N3O. The van der Waals surface area contributed by atoms with Crippen LogP contribution >= 0.6 is 0 Å². The third kappa shape index (κ3) is 7.34. The minimum absolute atomic E-state index is 0.143. The lowest BCUT2D eigenvalue weighted by atomic mass is 9.91. The molecule has 0 radical (unpaired) electrons. The van der Waals surface area contributed by atoms with Crippen molar-refractivity contribution in [3.05, 3.63) is 106 Å². The molecule has 0 bridgehead atoms. The molecule has 0 spiro atoms. The summed E-state index contributed by atoms with van der Waals surface area (Å²) in [4.78, 5) is 20.7. The lowest BCUT2D eigenvalue weighted by Crippen LogP contribution is -2.38. The molecule has 4 aromatic rings. The Bertz CT molecular complexity index is 1600. The molecular weight excluding hydrogens is 538 g/mol. The summed E-state index contributed by atoms with van der Waals surface area (Å²) in [5, 5.41) is 0. The molecule has 1 aliphatic carbocycles. The highest BCUT2D eigenvalue weighted by molar-refractivity contribution is 5.95. The highest BCUT2D eigenvalue weighted by Gasteiger charge is 2.30. The van der Waals surface area contributed by atoms with E-state index >= 15 is 0 Å². The maximum atomic E-state index is 13.6. The Kier molecular flexibility index (Phi) is 10.4. The molecule has 2 fully saturated rings. The highest BCUT2D eigenvalue weighted by atomic mass is 16.2. The number of aryl methyl sites for hydroxylation is 2. The summed E-state index contributed by atoms with van der Waals surface area (Å²) in [6.07, 6.45) is 9.10. The summed E-state index contributed by atoms with van der Waals surface area (Å²) in [6, 6.07) is 23.5. The summed E-state index contributed by atoms with van der Waals surface area (Å²) >= 11 is 0. The number of fused-ring (bicyclic) bond motifs is 1. The fourth-order valence-electron chi connectivity index (χ4n) is 6.22. The summed E-state index contributed by atoms with van der Waals surface area (Å²) < 4.78 is 2.48. The molecule has 4 heteroatoms. The van der Waals surface area contributed by atoms with E-state index in [0.29, 0.717) is 5.92 Å². The second-order valence-electron chi connectivity index (χ2n) is 13.2. The monoisotopic (exact) mass is 589 g/mol. The van der Waals surface area contributed by atoms with Gasteiger partial charge in [-0.15, -0.1) is 0 Å². The Labute approximate surface area is 265 Å². The summed E-state index contributed by atoms with van der Waals surface area (Å²) in [5.41, 5.74) is 9.26. The van der Waals surface area contributed by atoms with Gasteiger partial charge in [0.15, 0.2) is 0 Å². The van der Waals surface area contributed by atoms with E-state index in [2.05, 4.69) is 113 Å². The van der Waals surface area contributed by atoms with Crippen molar-refractivity contribution in [2.24, 2.45) is 11.8 Å². The highest BCUT2D eigenvalue weighted by Crippen LogP contribution is 2.36. The number of likely N-dealkylation sites (tertiary alicyclic amines) is 1. The average Bonchev–Trinajstić information content (AvgIpc) is 3.81. The van der Waals surface area contributed by atoms with E-state index in [1.807, 2.05) is 11.0 Å². The minimum Gasteiger partial charge on any atom is -0.339 e. The van der Waals surface area contributed by atoms with Crippen molar-refractivity contribution in [2.75, 3.05) is 13.1 Å².